The smallest absolute Gasteiger partial charge is 0.360 e. The molecule has 1 aromatic carbocycles. The fourth-order valence-corrected chi connectivity index (χ4v) is 3.71. The number of methoxy groups -OCH3 is 1. The van der Waals surface area contributed by atoms with Crippen LogP contribution in [-0.4, -0.2) is 79.6 Å². The molecule has 8 nitrogen and oxygen atoms in total. The first-order valence-electron chi connectivity index (χ1n) is 10.5. The molecule has 162 valence electrons. The Bertz CT molecular complexity index is 843. The number of nitrogens with zero attached hydrogens (tertiary/aromatic N) is 3. The van der Waals surface area contributed by atoms with E-state index in [1.165, 1.54) is 26.5 Å². The molecular formula is C22H30N4O4. The van der Waals surface area contributed by atoms with Crippen molar-refractivity contribution in [3.63, 3.8) is 0 Å². The maximum absolute atomic E-state index is 12.8. The highest BCUT2D eigenvalue weighted by atomic mass is 16.5. The van der Waals surface area contributed by atoms with Gasteiger partial charge in [-0.3, -0.25) is 4.79 Å². The van der Waals surface area contributed by atoms with Crippen LogP contribution in [0.4, 0.5) is 0 Å². The minimum absolute atomic E-state index is 0.0555. The molecule has 3 rings (SSSR count). The Morgan fingerprint density at radius 1 is 1.13 bits per heavy atom. The number of amides is 1. The summed E-state index contributed by atoms with van der Waals surface area (Å²) in [4.78, 5) is 33.6. The number of rotatable bonds is 9. The Morgan fingerprint density at radius 3 is 2.53 bits per heavy atom. The molecule has 0 radical (unpaired) electrons. The fourth-order valence-electron chi connectivity index (χ4n) is 3.71. The van der Waals surface area contributed by atoms with Gasteiger partial charge in [0.25, 0.3) is 5.91 Å². The van der Waals surface area contributed by atoms with Crippen molar-refractivity contribution in [3.8, 4) is 11.3 Å². The monoisotopic (exact) mass is 414 g/mol. The lowest BCUT2D eigenvalue weighted by atomic mass is 10.0. The molecule has 1 aliphatic heterocycles. The average molecular weight is 415 g/mol. The highest BCUT2D eigenvalue weighted by Crippen LogP contribution is 2.27. The summed E-state index contributed by atoms with van der Waals surface area (Å²) in [6, 6.07) is 7.01. The molecule has 0 atom stereocenters. The minimum atomic E-state index is -0.604. The summed E-state index contributed by atoms with van der Waals surface area (Å²) in [5.41, 5.74) is 1.01. The molecule has 2 heterocycles. The lowest BCUT2D eigenvalue weighted by Gasteiger charge is -2.34. The third-order valence-corrected chi connectivity index (χ3v) is 5.30. The molecule has 0 spiro atoms. The van der Waals surface area contributed by atoms with Crippen molar-refractivity contribution >= 4 is 11.9 Å². The summed E-state index contributed by atoms with van der Waals surface area (Å²) in [6.45, 7) is 9.34. The first kappa shape index (κ1) is 22.0. The second-order valence-electron chi connectivity index (χ2n) is 7.36. The number of piperazine rings is 1. The molecule has 1 saturated heterocycles. The number of hydrogen-bond donors (Lipinski definition) is 1. The van der Waals surface area contributed by atoms with Crippen molar-refractivity contribution in [2.45, 2.75) is 19.8 Å². The van der Waals surface area contributed by atoms with E-state index in [1.807, 2.05) is 0 Å². The molecule has 1 N–H and O–H groups in total. The van der Waals surface area contributed by atoms with Crippen molar-refractivity contribution in [2.24, 2.45) is 0 Å². The second-order valence-corrected chi connectivity index (χ2v) is 7.36. The zero-order valence-corrected chi connectivity index (χ0v) is 17.7. The number of oxazole rings is 1. The molecule has 1 amide bonds. The van der Waals surface area contributed by atoms with Crippen molar-refractivity contribution in [1.29, 1.82) is 0 Å². The van der Waals surface area contributed by atoms with Crippen LogP contribution in [0.2, 0.25) is 0 Å². The number of carbonyl (C=O) groups is 2. The van der Waals surface area contributed by atoms with Gasteiger partial charge in [-0.25, -0.2) is 9.78 Å². The Hall–Kier alpha value is -2.71. The summed E-state index contributed by atoms with van der Waals surface area (Å²) in [7, 11) is 1.28. The first-order valence-corrected chi connectivity index (χ1v) is 10.5. The van der Waals surface area contributed by atoms with Crippen LogP contribution in [0.3, 0.4) is 0 Å². The van der Waals surface area contributed by atoms with E-state index in [9.17, 15) is 9.59 Å². The summed E-state index contributed by atoms with van der Waals surface area (Å²) >= 11 is 0. The Morgan fingerprint density at radius 2 is 1.83 bits per heavy atom. The zero-order chi connectivity index (χ0) is 21.3. The molecule has 1 aliphatic rings. The molecule has 30 heavy (non-hydrogen) atoms. The van der Waals surface area contributed by atoms with Crippen LogP contribution in [0, 0.1) is 0 Å². The maximum atomic E-state index is 12.8. The van der Waals surface area contributed by atoms with E-state index in [-0.39, 0.29) is 17.4 Å². The van der Waals surface area contributed by atoms with E-state index in [2.05, 4.69) is 27.0 Å². The van der Waals surface area contributed by atoms with Gasteiger partial charge in [0.2, 0.25) is 0 Å². The van der Waals surface area contributed by atoms with Gasteiger partial charge in [-0.05, 0) is 32.0 Å². The first-order chi connectivity index (χ1) is 14.6. The summed E-state index contributed by atoms with van der Waals surface area (Å²) in [5, 5.41) is 2.98. The van der Waals surface area contributed by atoms with Crippen LogP contribution in [-0.2, 0) is 4.74 Å². The molecule has 1 fully saturated rings. The zero-order valence-electron chi connectivity index (χ0n) is 17.7. The third-order valence-electron chi connectivity index (χ3n) is 5.30. The predicted octanol–water partition coefficient (Wildman–Crippen LogP) is 2.28. The van der Waals surface area contributed by atoms with Crippen molar-refractivity contribution in [3.05, 3.63) is 41.9 Å². The quantitative estimate of drug-likeness (QED) is 0.497. The largest absolute Gasteiger partial charge is 0.464 e. The lowest BCUT2D eigenvalue weighted by Crippen LogP contribution is -2.47. The van der Waals surface area contributed by atoms with Gasteiger partial charge in [0.15, 0.2) is 17.8 Å². The summed E-state index contributed by atoms with van der Waals surface area (Å²) in [5.74, 6) is -0.573. The average Bonchev–Trinajstić information content (AvgIpc) is 3.27. The predicted molar refractivity (Wildman–Crippen MR) is 113 cm³/mol. The van der Waals surface area contributed by atoms with E-state index in [4.69, 9.17) is 9.15 Å². The summed E-state index contributed by atoms with van der Waals surface area (Å²) < 4.78 is 10.1. The van der Waals surface area contributed by atoms with Crippen LogP contribution < -0.4 is 5.32 Å². The number of aromatic nitrogens is 1. The minimum Gasteiger partial charge on any atom is -0.464 e. The Labute approximate surface area is 177 Å². The molecule has 0 unspecified atom stereocenters. The summed E-state index contributed by atoms with van der Waals surface area (Å²) in [6.07, 6.45) is 3.26. The maximum Gasteiger partial charge on any atom is 0.360 e. The molecule has 0 bridgehead atoms. The van der Waals surface area contributed by atoms with E-state index >= 15 is 0 Å². The Balaban J connectivity index is 1.54. The highest BCUT2D eigenvalue weighted by molar-refractivity contribution is 6.03. The molecule has 0 saturated carbocycles. The van der Waals surface area contributed by atoms with Crippen molar-refractivity contribution in [2.75, 3.05) is 52.9 Å². The molecule has 2 aromatic rings. The number of ether oxygens (including phenoxy) is 1. The van der Waals surface area contributed by atoms with Crippen molar-refractivity contribution < 1.29 is 18.7 Å². The number of benzene rings is 1. The number of carbonyl (C=O) groups excluding carboxylic acids is 2. The van der Waals surface area contributed by atoms with Gasteiger partial charge < -0.3 is 24.3 Å². The van der Waals surface area contributed by atoms with Crippen LogP contribution in [0.25, 0.3) is 11.3 Å². The molecular weight excluding hydrogens is 384 g/mol. The van der Waals surface area contributed by atoms with Gasteiger partial charge in [-0.15, -0.1) is 0 Å². The van der Waals surface area contributed by atoms with E-state index in [0.29, 0.717) is 17.7 Å². The lowest BCUT2D eigenvalue weighted by molar-refractivity contribution is 0.0595. The molecule has 1 aromatic heterocycles. The molecule has 8 heteroatoms. The topological polar surface area (TPSA) is 87.9 Å². The molecule has 0 aliphatic carbocycles. The second kappa shape index (κ2) is 10.9. The van der Waals surface area contributed by atoms with Gasteiger partial charge in [0.1, 0.15) is 0 Å². The standard InChI is InChI=1S/C22H30N4O4/c1-3-10-25-12-14-26(15-13-25)11-6-9-23-21(27)18-8-5-4-7-17(18)20-19(22(28)29-2)24-16-30-20/h4-5,7-8,16H,3,6,9-15H2,1-2H3,(H,23,27). The number of hydrogen-bond acceptors (Lipinski definition) is 7. The van der Waals surface area contributed by atoms with Crippen LogP contribution in [0.15, 0.2) is 35.1 Å². The third kappa shape index (κ3) is 5.46. The number of nitrogens with one attached hydrogen (secondary N) is 1. The highest BCUT2D eigenvalue weighted by Gasteiger charge is 2.23. The van der Waals surface area contributed by atoms with Crippen LogP contribution >= 0.6 is 0 Å². The van der Waals surface area contributed by atoms with Crippen molar-refractivity contribution in [1.82, 2.24) is 20.1 Å². The van der Waals surface area contributed by atoms with E-state index in [1.54, 1.807) is 24.3 Å². The van der Waals surface area contributed by atoms with Crippen LogP contribution in [0.5, 0.6) is 0 Å². The Kier molecular flexibility index (Phi) is 7.98. The SMILES string of the molecule is CCCN1CCN(CCCNC(=O)c2ccccc2-c2ocnc2C(=O)OC)CC1. The van der Waals surface area contributed by atoms with Crippen LogP contribution in [0.1, 0.15) is 40.6 Å². The fraction of sp³-hybridized carbons (Fsp3) is 0.500. The van der Waals surface area contributed by atoms with Gasteiger partial charge in [-0.1, -0.05) is 25.1 Å². The van der Waals surface area contributed by atoms with E-state index in [0.717, 1.165) is 39.1 Å². The van der Waals surface area contributed by atoms with Gasteiger partial charge in [0, 0.05) is 38.3 Å². The van der Waals surface area contributed by atoms with Gasteiger partial charge in [-0.2, -0.15) is 0 Å². The number of esters is 1. The van der Waals surface area contributed by atoms with Gasteiger partial charge >= 0.3 is 5.97 Å². The van der Waals surface area contributed by atoms with E-state index < -0.39 is 5.97 Å². The van der Waals surface area contributed by atoms with Gasteiger partial charge in [0.05, 0.1) is 12.7 Å². The normalized spacial score (nSPS) is 15.1.